The first-order valence-electron chi connectivity index (χ1n) is 5.63. The smallest absolute Gasteiger partial charge is 0.111 e. The van der Waals surface area contributed by atoms with Gasteiger partial charge in [-0.25, -0.2) is 4.98 Å². The summed E-state index contributed by atoms with van der Waals surface area (Å²) < 4.78 is 2.12. The van der Waals surface area contributed by atoms with Crippen LogP contribution in [0.5, 0.6) is 0 Å². The minimum atomic E-state index is -0.460. The monoisotopic (exact) mass is 220 g/mol. The fourth-order valence-electron chi connectivity index (χ4n) is 1.59. The van der Waals surface area contributed by atoms with E-state index in [1.165, 1.54) is 0 Å². The zero-order valence-corrected chi connectivity index (χ0v) is 10.5. The quantitative estimate of drug-likeness (QED) is 0.824. The second-order valence-electron chi connectivity index (χ2n) is 4.58. The van der Waals surface area contributed by atoms with Gasteiger partial charge >= 0.3 is 0 Å². The molecule has 1 atom stereocenters. The Morgan fingerprint density at radius 2 is 2.31 bits per heavy atom. The molecule has 1 unspecified atom stereocenters. The van der Waals surface area contributed by atoms with Crippen molar-refractivity contribution in [2.75, 3.05) is 7.05 Å². The molecule has 4 heteroatoms. The molecule has 0 aliphatic rings. The van der Waals surface area contributed by atoms with Crippen LogP contribution in [0.3, 0.4) is 0 Å². The minimum absolute atomic E-state index is 0.415. The SMILES string of the molecule is CNC(C)(C#N)CCn1ccnc1C(C)C. The van der Waals surface area contributed by atoms with Gasteiger partial charge in [0.15, 0.2) is 0 Å². The highest BCUT2D eigenvalue weighted by atomic mass is 15.1. The van der Waals surface area contributed by atoms with Gasteiger partial charge in [-0.1, -0.05) is 13.8 Å². The molecule has 88 valence electrons. The second kappa shape index (κ2) is 5.13. The fraction of sp³-hybridized carbons (Fsp3) is 0.667. The summed E-state index contributed by atoms with van der Waals surface area (Å²) in [5, 5.41) is 12.1. The van der Waals surface area contributed by atoms with Gasteiger partial charge < -0.3 is 9.88 Å². The minimum Gasteiger partial charge on any atom is -0.335 e. The van der Waals surface area contributed by atoms with Crippen LogP contribution in [0.2, 0.25) is 0 Å². The third-order valence-electron chi connectivity index (χ3n) is 2.92. The number of hydrogen-bond donors (Lipinski definition) is 1. The molecule has 0 saturated heterocycles. The molecule has 4 nitrogen and oxygen atoms in total. The summed E-state index contributed by atoms with van der Waals surface area (Å²) in [5.74, 6) is 1.49. The Balaban J connectivity index is 2.68. The number of aromatic nitrogens is 2. The Bertz CT molecular complexity index is 375. The maximum absolute atomic E-state index is 9.06. The van der Waals surface area contributed by atoms with Crippen molar-refractivity contribution in [3.63, 3.8) is 0 Å². The Hall–Kier alpha value is -1.34. The fourth-order valence-corrected chi connectivity index (χ4v) is 1.59. The summed E-state index contributed by atoms with van der Waals surface area (Å²) >= 11 is 0. The van der Waals surface area contributed by atoms with Crippen molar-refractivity contribution in [2.24, 2.45) is 0 Å². The van der Waals surface area contributed by atoms with Gasteiger partial charge in [-0.15, -0.1) is 0 Å². The molecular formula is C12H20N4. The van der Waals surface area contributed by atoms with Crippen molar-refractivity contribution in [3.8, 4) is 6.07 Å². The molecule has 0 amide bonds. The highest BCUT2D eigenvalue weighted by molar-refractivity contribution is 5.04. The van der Waals surface area contributed by atoms with E-state index >= 15 is 0 Å². The van der Waals surface area contributed by atoms with Crippen LogP contribution in [0.15, 0.2) is 12.4 Å². The molecule has 0 fully saturated rings. The van der Waals surface area contributed by atoms with Gasteiger partial charge in [0, 0.05) is 24.9 Å². The molecule has 1 aromatic rings. The number of aryl methyl sites for hydroxylation is 1. The van der Waals surface area contributed by atoms with Gasteiger partial charge in [-0.2, -0.15) is 5.26 Å². The first kappa shape index (κ1) is 12.7. The predicted octanol–water partition coefficient (Wildman–Crippen LogP) is 1.90. The molecule has 0 aliphatic heterocycles. The molecule has 1 aromatic heterocycles. The van der Waals surface area contributed by atoms with E-state index in [1.54, 1.807) is 0 Å². The topological polar surface area (TPSA) is 53.6 Å². The largest absolute Gasteiger partial charge is 0.335 e. The van der Waals surface area contributed by atoms with Gasteiger partial charge in [-0.3, -0.25) is 0 Å². The van der Waals surface area contributed by atoms with Crippen LogP contribution in [-0.2, 0) is 6.54 Å². The molecule has 1 N–H and O–H groups in total. The normalized spacial score (nSPS) is 14.8. The molecular weight excluding hydrogens is 200 g/mol. The van der Waals surface area contributed by atoms with Gasteiger partial charge in [0.1, 0.15) is 11.4 Å². The van der Waals surface area contributed by atoms with Crippen LogP contribution in [0.4, 0.5) is 0 Å². The van der Waals surface area contributed by atoms with E-state index in [0.29, 0.717) is 5.92 Å². The third kappa shape index (κ3) is 2.83. The van der Waals surface area contributed by atoms with E-state index < -0.39 is 5.54 Å². The summed E-state index contributed by atoms with van der Waals surface area (Å²) in [5.41, 5.74) is -0.460. The van der Waals surface area contributed by atoms with Crippen molar-refractivity contribution >= 4 is 0 Å². The lowest BCUT2D eigenvalue weighted by Gasteiger charge is -2.21. The molecule has 0 saturated carbocycles. The van der Waals surface area contributed by atoms with Crippen LogP contribution in [0.25, 0.3) is 0 Å². The van der Waals surface area contributed by atoms with E-state index in [4.69, 9.17) is 5.26 Å². The first-order valence-corrected chi connectivity index (χ1v) is 5.63. The van der Waals surface area contributed by atoms with E-state index in [2.05, 4.69) is 34.8 Å². The molecule has 1 heterocycles. The number of imidazole rings is 1. The lowest BCUT2D eigenvalue weighted by Crippen LogP contribution is -2.39. The standard InChI is InChI=1S/C12H20N4/c1-10(2)11-15-6-8-16(11)7-5-12(3,9-13)14-4/h6,8,10,14H,5,7H2,1-4H3. The number of nitriles is 1. The van der Waals surface area contributed by atoms with Crippen molar-refractivity contribution in [3.05, 3.63) is 18.2 Å². The summed E-state index contributed by atoms with van der Waals surface area (Å²) in [6.45, 7) is 6.98. The predicted molar refractivity (Wildman–Crippen MR) is 64.0 cm³/mol. The van der Waals surface area contributed by atoms with Crippen molar-refractivity contribution in [2.45, 2.75) is 45.2 Å². The maximum atomic E-state index is 9.06. The molecule has 0 aliphatic carbocycles. The highest BCUT2D eigenvalue weighted by Crippen LogP contribution is 2.15. The average molecular weight is 220 g/mol. The van der Waals surface area contributed by atoms with Crippen molar-refractivity contribution < 1.29 is 0 Å². The zero-order valence-electron chi connectivity index (χ0n) is 10.5. The summed E-state index contributed by atoms with van der Waals surface area (Å²) in [6.07, 6.45) is 4.57. The highest BCUT2D eigenvalue weighted by Gasteiger charge is 2.21. The van der Waals surface area contributed by atoms with Gasteiger partial charge in [0.25, 0.3) is 0 Å². The lowest BCUT2D eigenvalue weighted by molar-refractivity contribution is 0.415. The van der Waals surface area contributed by atoms with Gasteiger partial charge in [0.05, 0.1) is 6.07 Å². The number of rotatable bonds is 5. The van der Waals surface area contributed by atoms with Crippen LogP contribution < -0.4 is 5.32 Å². The van der Waals surface area contributed by atoms with Crippen LogP contribution in [0.1, 0.15) is 38.9 Å². The van der Waals surface area contributed by atoms with E-state index in [-0.39, 0.29) is 0 Å². The molecule has 1 rings (SSSR count). The van der Waals surface area contributed by atoms with E-state index in [0.717, 1.165) is 18.8 Å². The third-order valence-corrected chi connectivity index (χ3v) is 2.92. The van der Waals surface area contributed by atoms with Crippen molar-refractivity contribution in [1.29, 1.82) is 5.26 Å². The first-order chi connectivity index (χ1) is 7.52. The molecule has 0 aromatic carbocycles. The van der Waals surface area contributed by atoms with Crippen LogP contribution in [0, 0.1) is 11.3 Å². The Labute approximate surface area is 97.3 Å². The van der Waals surface area contributed by atoms with E-state index in [9.17, 15) is 0 Å². The molecule has 0 bridgehead atoms. The number of nitrogens with one attached hydrogen (secondary N) is 1. The molecule has 0 spiro atoms. The number of hydrogen-bond acceptors (Lipinski definition) is 3. The Morgan fingerprint density at radius 1 is 1.62 bits per heavy atom. The molecule has 0 radical (unpaired) electrons. The average Bonchev–Trinajstić information content (AvgIpc) is 2.74. The summed E-state index contributed by atoms with van der Waals surface area (Å²) in [4.78, 5) is 4.33. The van der Waals surface area contributed by atoms with Gasteiger partial charge in [-0.05, 0) is 20.4 Å². The van der Waals surface area contributed by atoms with Crippen LogP contribution in [-0.4, -0.2) is 22.1 Å². The van der Waals surface area contributed by atoms with Gasteiger partial charge in [0.2, 0.25) is 0 Å². The zero-order chi connectivity index (χ0) is 12.2. The molecule has 16 heavy (non-hydrogen) atoms. The Kier molecular flexibility index (Phi) is 4.08. The van der Waals surface area contributed by atoms with E-state index in [1.807, 2.05) is 26.4 Å². The van der Waals surface area contributed by atoms with Crippen molar-refractivity contribution in [1.82, 2.24) is 14.9 Å². The summed E-state index contributed by atoms with van der Waals surface area (Å²) in [7, 11) is 1.82. The maximum Gasteiger partial charge on any atom is 0.111 e. The Morgan fingerprint density at radius 3 is 2.81 bits per heavy atom. The second-order valence-corrected chi connectivity index (χ2v) is 4.58. The number of nitrogens with zero attached hydrogens (tertiary/aromatic N) is 3. The summed E-state index contributed by atoms with van der Waals surface area (Å²) in [6, 6.07) is 2.29. The van der Waals surface area contributed by atoms with Crippen LogP contribution >= 0.6 is 0 Å². The lowest BCUT2D eigenvalue weighted by atomic mass is 10.0.